The van der Waals surface area contributed by atoms with E-state index >= 15 is 0 Å². The number of alkyl halides is 3. The Bertz CT molecular complexity index is 1280. The Balaban J connectivity index is 0.000000830. The largest absolute Gasteiger partial charge is 0.748 e. The lowest BCUT2D eigenvalue weighted by Gasteiger charge is -2.24. The van der Waals surface area contributed by atoms with Crippen molar-refractivity contribution in [3.63, 3.8) is 0 Å². The van der Waals surface area contributed by atoms with Gasteiger partial charge in [0.1, 0.15) is 17.0 Å². The van der Waals surface area contributed by atoms with Gasteiger partial charge in [-0.3, -0.25) is 0 Å². The first-order valence-electron chi connectivity index (χ1n) is 10.8. The third kappa shape index (κ3) is 8.64. The maximum Gasteiger partial charge on any atom is 0.416 e. The van der Waals surface area contributed by atoms with Crippen molar-refractivity contribution >= 4 is 32.9 Å². The molecule has 0 unspecified atom stereocenters. The van der Waals surface area contributed by atoms with Gasteiger partial charge in [-0.2, -0.15) is 24.9 Å². The van der Waals surface area contributed by atoms with E-state index in [1.165, 1.54) is 6.07 Å². The molecule has 0 aliphatic heterocycles. The highest BCUT2D eigenvalue weighted by atomic mass is 32.2. The van der Waals surface area contributed by atoms with Crippen molar-refractivity contribution in [1.82, 2.24) is 9.97 Å². The Morgan fingerprint density at radius 1 is 1.22 bits per heavy atom. The topological polar surface area (TPSA) is 108 Å². The zero-order valence-corrected chi connectivity index (χ0v) is 22.5. The molecule has 36 heavy (non-hydrogen) atoms. The molecule has 2 aromatic heterocycles. The van der Waals surface area contributed by atoms with Gasteiger partial charge in [0.25, 0.3) is 0 Å². The molecule has 0 fully saturated rings. The summed E-state index contributed by atoms with van der Waals surface area (Å²) < 4.78 is 79.6. The van der Waals surface area contributed by atoms with E-state index in [4.69, 9.17) is 22.4 Å². The number of pyridine rings is 1. The lowest BCUT2D eigenvalue weighted by Crippen LogP contribution is -2.38. The molecule has 8 nitrogen and oxygen atoms in total. The third-order valence-electron chi connectivity index (χ3n) is 4.94. The van der Waals surface area contributed by atoms with Crippen LogP contribution >= 0.6 is 11.8 Å². The predicted octanol–water partition coefficient (Wildman–Crippen LogP) is 4.39. The standard InChI is InChI=1S/C22H27F3N3O2S.CH4O3S/c1-6-30-21(3,4)13-31-12-18-14(2)19(29-5)9-10-28(18)20-26-16-8-7-15(22(23,24)25)11-17(16)27-20;1-5(2,3)4/h7-11H,6,12-13H2,1-5H3,(H,26,27);1H3,(H,2,3,4)/q+1;/p-1. The van der Waals surface area contributed by atoms with E-state index in [0.717, 1.165) is 34.9 Å². The second kappa shape index (κ2) is 11.8. The van der Waals surface area contributed by atoms with Gasteiger partial charge in [0, 0.05) is 36.0 Å². The van der Waals surface area contributed by atoms with Crippen molar-refractivity contribution < 1.29 is 40.2 Å². The Kier molecular flexibility index (Phi) is 9.79. The van der Waals surface area contributed by atoms with Gasteiger partial charge in [-0.1, -0.05) is 4.98 Å². The van der Waals surface area contributed by atoms with Crippen LogP contribution in [0.15, 0.2) is 30.5 Å². The second-order valence-electron chi connectivity index (χ2n) is 8.51. The molecule has 1 N–H and O–H groups in total. The number of hydrogen-bond donors (Lipinski definition) is 1. The van der Waals surface area contributed by atoms with Gasteiger partial charge in [0.15, 0.2) is 5.52 Å². The van der Waals surface area contributed by atoms with Crippen molar-refractivity contribution in [1.29, 1.82) is 0 Å². The summed E-state index contributed by atoms with van der Waals surface area (Å²) in [5.41, 5.74) is 1.74. The normalized spacial score (nSPS) is 12.4. The predicted molar refractivity (Wildman–Crippen MR) is 131 cm³/mol. The van der Waals surface area contributed by atoms with E-state index in [-0.39, 0.29) is 5.60 Å². The Labute approximate surface area is 213 Å². The number of aromatic nitrogens is 3. The Hall–Kier alpha value is -2.35. The first-order chi connectivity index (χ1) is 16.6. The zero-order chi connectivity index (χ0) is 27.3. The molecule has 0 amide bonds. The van der Waals surface area contributed by atoms with E-state index in [1.54, 1.807) is 18.9 Å². The quantitative estimate of drug-likeness (QED) is 0.328. The molecule has 200 valence electrons. The lowest BCUT2D eigenvalue weighted by atomic mass is 10.2. The van der Waals surface area contributed by atoms with Crippen molar-refractivity contribution in [3.8, 4) is 11.7 Å². The second-order valence-corrected chi connectivity index (χ2v) is 10.9. The van der Waals surface area contributed by atoms with Gasteiger partial charge in [0.05, 0.1) is 34.6 Å². The highest BCUT2D eigenvalue weighted by Crippen LogP contribution is 2.31. The van der Waals surface area contributed by atoms with E-state index in [0.29, 0.717) is 35.6 Å². The minimum absolute atomic E-state index is 0.260. The molecule has 0 aliphatic rings. The first kappa shape index (κ1) is 29.9. The fraction of sp³-hybridized carbons (Fsp3) is 0.478. The molecule has 0 atom stereocenters. The molecule has 0 spiro atoms. The average molecular weight is 550 g/mol. The van der Waals surface area contributed by atoms with Crippen LogP contribution in [0, 0.1) is 6.92 Å². The van der Waals surface area contributed by atoms with Crippen molar-refractivity contribution in [2.45, 2.75) is 45.2 Å². The number of nitrogens with zero attached hydrogens (tertiary/aromatic N) is 2. The van der Waals surface area contributed by atoms with Crippen LogP contribution in [0.5, 0.6) is 5.75 Å². The highest BCUT2D eigenvalue weighted by Gasteiger charge is 2.32. The van der Waals surface area contributed by atoms with Gasteiger partial charge in [-0.15, -0.1) is 0 Å². The number of thioether (sulfide) groups is 1. The molecule has 3 aromatic rings. The highest BCUT2D eigenvalue weighted by molar-refractivity contribution is 7.98. The number of benzene rings is 1. The van der Waals surface area contributed by atoms with Gasteiger partial charge in [-0.25, -0.2) is 18.0 Å². The van der Waals surface area contributed by atoms with Crippen molar-refractivity contribution in [3.05, 3.63) is 47.3 Å². The van der Waals surface area contributed by atoms with E-state index in [1.807, 2.05) is 44.5 Å². The number of ether oxygens (including phenoxy) is 2. The van der Waals surface area contributed by atoms with Crippen LogP contribution in [-0.2, 0) is 26.8 Å². The van der Waals surface area contributed by atoms with E-state index in [2.05, 4.69) is 9.97 Å². The lowest BCUT2D eigenvalue weighted by molar-refractivity contribution is -0.610. The van der Waals surface area contributed by atoms with Crippen LogP contribution in [0.4, 0.5) is 13.2 Å². The maximum absolute atomic E-state index is 13.1. The average Bonchev–Trinajstić information content (AvgIpc) is 3.16. The first-order valence-corrected chi connectivity index (χ1v) is 13.8. The van der Waals surface area contributed by atoms with Crippen molar-refractivity contribution in [2.75, 3.05) is 25.7 Å². The van der Waals surface area contributed by atoms with Crippen LogP contribution in [-0.4, -0.2) is 54.3 Å². The maximum atomic E-state index is 13.1. The van der Waals surface area contributed by atoms with Gasteiger partial charge < -0.3 is 14.0 Å². The number of halogens is 3. The summed E-state index contributed by atoms with van der Waals surface area (Å²) in [6, 6.07) is 5.33. The molecule has 0 saturated carbocycles. The Morgan fingerprint density at radius 2 is 1.86 bits per heavy atom. The molecule has 0 bridgehead atoms. The van der Waals surface area contributed by atoms with Crippen LogP contribution in [0.2, 0.25) is 0 Å². The van der Waals surface area contributed by atoms with E-state index < -0.39 is 21.9 Å². The summed E-state index contributed by atoms with van der Waals surface area (Å²) in [4.78, 5) is 7.55. The minimum atomic E-state index is -4.40. The number of methoxy groups -OCH3 is 1. The summed E-state index contributed by atoms with van der Waals surface area (Å²) >= 11 is 1.72. The molecule has 2 heterocycles. The number of imidazole rings is 1. The third-order valence-corrected chi connectivity index (χ3v) is 6.31. The number of nitrogens with one attached hydrogen (secondary N) is 1. The molecule has 13 heteroatoms. The summed E-state index contributed by atoms with van der Waals surface area (Å²) in [5.74, 6) is 2.64. The summed E-state index contributed by atoms with van der Waals surface area (Å²) in [7, 11) is -2.30. The van der Waals surface area contributed by atoms with Gasteiger partial charge >= 0.3 is 12.1 Å². The van der Waals surface area contributed by atoms with Crippen LogP contribution in [0.1, 0.15) is 37.6 Å². The number of rotatable bonds is 8. The fourth-order valence-corrected chi connectivity index (χ4v) is 4.62. The fourth-order valence-electron chi connectivity index (χ4n) is 3.39. The molecule has 0 aliphatic carbocycles. The monoisotopic (exact) mass is 549 g/mol. The van der Waals surface area contributed by atoms with Crippen molar-refractivity contribution in [2.24, 2.45) is 0 Å². The smallest absolute Gasteiger partial charge is 0.416 e. The molecule has 0 radical (unpaired) electrons. The zero-order valence-electron chi connectivity index (χ0n) is 20.9. The SMILES string of the molecule is CCOC(C)(C)CSCc1c(C)c(OC)cc[n+]1-c1nc2ccc(C(F)(F)F)cc2[nH]1.CS(=O)(=O)[O-]. The molecular formula is C23H30F3N3O5S2. The van der Waals surface area contributed by atoms with Crippen LogP contribution in [0.25, 0.3) is 17.0 Å². The van der Waals surface area contributed by atoms with Gasteiger partial charge in [-0.05, 0) is 45.9 Å². The summed E-state index contributed by atoms with van der Waals surface area (Å²) in [6.07, 6.45) is -1.98. The summed E-state index contributed by atoms with van der Waals surface area (Å²) in [6.45, 7) is 8.67. The summed E-state index contributed by atoms with van der Waals surface area (Å²) in [5, 5.41) is 0. The van der Waals surface area contributed by atoms with Gasteiger partial charge in [0.2, 0.25) is 0 Å². The molecule has 0 saturated heterocycles. The number of fused-ring (bicyclic) bond motifs is 1. The number of aromatic amines is 1. The Morgan fingerprint density at radius 3 is 2.42 bits per heavy atom. The molecule has 3 rings (SSSR count). The number of H-pyrrole nitrogens is 1. The molecule has 1 aromatic carbocycles. The molecular weight excluding hydrogens is 519 g/mol. The van der Waals surface area contributed by atoms with Crippen LogP contribution in [0.3, 0.4) is 0 Å². The van der Waals surface area contributed by atoms with Crippen LogP contribution < -0.4 is 9.30 Å². The number of hydrogen-bond acceptors (Lipinski definition) is 7. The van der Waals surface area contributed by atoms with E-state index in [9.17, 15) is 13.2 Å². The minimum Gasteiger partial charge on any atom is -0.748 e.